The van der Waals surface area contributed by atoms with Crippen LogP contribution in [0.4, 0.5) is 4.39 Å². The molecule has 0 spiro atoms. The number of hydrogen-bond acceptors (Lipinski definition) is 6. The molecule has 0 aliphatic heterocycles. The largest absolute Gasteiger partial charge is 0.497 e. The zero-order valence-electron chi connectivity index (χ0n) is 23.9. The third kappa shape index (κ3) is 7.20. The molecule has 0 bridgehead atoms. The second kappa shape index (κ2) is 12.8. The average molecular weight is 551 g/mol. The summed E-state index contributed by atoms with van der Waals surface area (Å²) < 4.78 is 36.7. The summed E-state index contributed by atoms with van der Waals surface area (Å²) >= 11 is 0. The first-order chi connectivity index (χ1) is 19.1. The number of carbonyl (C=O) groups excluding carboxylic acids is 1. The fourth-order valence-electron chi connectivity index (χ4n) is 5.20. The van der Waals surface area contributed by atoms with Crippen LogP contribution in [0.25, 0.3) is 11.1 Å². The van der Waals surface area contributed by atoms with Crippen molar-refractivity contribution in [2.75, 3.05) is 21.3 Å². The SMILES string of the molecule is COC(=O)C[C@H](c1cccc(OCc2ccc(-c3cc(OC)ccc3F)c(CC(C)(C)C(O)OC)c2)c1)C1CC1. The van der Waals surface area contributed by atoms with Crippen molar-refractivity contribution >= 4 is 5.97 Å². The lowest BCUT2D eigenvalue weighted by Crippen LogP contribution is -2.33. The first kappa shape index (κ1) is 29.6. The zero-order chi connectivity index (χ0) is 28.9. The molecule has 214 valence electrons. The number of carbonyl (C=O) groups is 1. The number of ether oxygens (including phenoxy) is 4. The van der Waals surface area contributed by atoms with Gasteiger partial charge in [0.1, 0.15) is 23.9 Å². The lowest BCUT2D eigenvalue weighted by Gasteiger charge is -2.30. The van der Waals surface area contributed by atoms with E-state index in [1.807, 2.05) is 56.3 Å². The van der Waals surface area contributed by atoms with Gasteiger partial charge < -0.3 is 24.1 Å². The Morgan fingerprint density at radius 2 is 1.77 bits per heavy atom. The van der Waals surface area contributed by atoms with E-state index in [4.69, 9.17) is 18.9 Å². The molecule has 0 radical (unpaired) electrons. The summed E-state index contributed by atoms with van der Waals surface area (Å²) in [7, 11) is 4.44. The Bertz CT molecular complexity index is 1320. The Balaban J connectivity index is 1.60. The van der Waals surface area contributed by atoms with Gasteiger partial charge in [0.25, 0.3) is 0 Å². The molecule has 1 unspecified atom stereocenters. The average Bonchev–Trinajstić information content (AvgIpc) is 3.80. The molecule has 40 heavy (non-hydrogen) atoms. The van der Waals surface area contributed by atoms with Gasteiger partial charge in [-0.05, 0) is 83.7 Å². The quantitative estimate of drug-likeness (QED) is 0.189. The Morgan fingerprint density at radius 1 is 1.00 bits per heavy atom. The van der Waals surface area contributed by atoms with E-state index in [1.165, 1.54) is 20.3 Å². The van der Waals surface area contributed by atoms with Crippen molar-refractivity contribution in [3.63, 3.8) is 0 Å². The summed E-state index contributed by atoms with van der Waals surface area (Å²) in [5.74, 6) is 1.33. The van der Waals surface area contributed by atoms with Crippen LogP contribution in [-0.2, 0) is 27.3 Å². The zero-order valence-corrected chi connectivity index (χ0v) is 23.9. The van der Waals surface area contributed by atoms with Crippen molar-refractivity contribution in [1.29, 1.82) is 0 Å². The number of aliphatic hydroxyl groups excluding tert-OH is 1. The highest BCUT2D eigenvalue weighted by Crippen LogP contribution is 2.45. The van der Waals surface area contributed by atoms with Gasteiger partial charge in [-0.3, -0.25) is 4.79 Å². The molecule has 4 rings (SSSR count). The van der Waals surface area contributed by atoms with Crippen LogP contribution in [0.1, 0.15) is 55.7 Å². The van der Waals surface area contributed by atoms with Crippen LogP contribution in [0.5, 0.6) is 11.5 Å². The number of methoxy groups -OCH3 is 3. The van der Waals surface area contributed by atoms with Crippen LogP contribution in [0.2, 0.25) is 0 Å². The normalized spacial score (nSPS) is 14.9. The number of hydrogen-bond donors (Lipinski definition) is 1. The molecule has 1 N–H and O–H groups in total. The predicted molar refractivity (Wildman–Crippen MR) is 152 cm³/mol. The molecule has 1 saturated carbocycles. The first-order valence-electron chi connectivity index (χ1n) is 13.6. The van der Waals surface area contributed by atoms with E-state index >= 15 is 0 Å². The fraction of sp³-hybridized carbons (Fsp3) is 0.424. The van der Waals surface area contributed by atoms with E-state index in [9.17, 15) is 14.3 Å². The third-order valence-electron chi connectivity index (χ3n) is 7.67. The minimum atomic E-state index is -0.998. The summed E-state index contributed by atoms with van der Waals surface area (Å²) in [5, 5.41) is 10.5. The maximum Gasteiger partial charge on any atom is 0.306 e. The lowest BCUT2D eigenvalue weighted by atomic mass is 9.81. The van der Waals surface area contributed by atoms with Crippen molar-refractivity contribution in [3.8, 4) is 22.6 Å². The molecular formula is C33H39FO6. The molecule has 1 aliphatic rings. The molecule has 6 nitrogen and oxygen atoms in total. The fourth-order valence-corrected chi connectivity index (χ4v) is 5.20. The molecule has 0 aromatic heterocycles. The lowest BCUT2D eigenvalue weighted by molar-refractivity contribution is -0.145. The smallest absolute Gasteiger partial charge is 0.306 e. The first-order valence-corrected chi connectivity index (χ1v) is 13.6. The second-order valence-corrected chi connectivity index (χ2v) is 11.2. The van der Waals surface area contributed by atoms with E-state index in [-0.39, 0.29) is 17.7 Å². The predicted octanol–water partition coefficient (Wildman–Crippen LogP) is 6.67. The highest BCUT2D eigenvalue weighted by Gasteiger charge is 2.34. The third-order valence-corrected chi connectivity index (χ3v) is 7.67. The molecule has 3 aromatic rings. The van der Waals surface area contributed by atoms with E-state index < -0.39 is 11.7 Å². The van der Waals surface area contributed by atoms with Gasteiger partial charge in [0.2, 0.25) is 0 Å². The van der Waals surface area contributed by atoms with Crippen LogP contribution in [0, 0.1) is 17.2 Å². The van der Waals surface area contributed by atoms with E-state index in [0.29, 0.717) is 48.0 Å². The Kier molecular flexibility index (Phi) is 9.48. The number of rotatable bonds is 13. The van der Waals surface area contributed by atoms with Crippen LogP contribution >= 0.6 is 0 Å². The minimum absolute atomic E-state index is 0.120. The van der Waals surface area contributed by atoms with Crippen molar-refractivity contribution < 1.29 is 33.2 Å². The molecule has 0 amide bonds. The molecular weight excluding hydrogens is 511 g/mol. The summed E-state index contributed by atoms with van der Waals surface area (Å²) in [6, 6.07) is 18.4. The summed E-state index contributed by atoms with van der Waals surface area (Å²) in [4.78, 5) is 12.0. The Hall–Kier alpha value is -3.42. The van der Waals surface area contributed by atoms with Gasteiger partial charge in [-0.15, -0.1) is 0 Å². The number of aliphatic hydroxyl groups is 1. The van der Waals surface area contributed by atoms with E-state index in [1.54, 1.807) is 19.2 Å². The minimum Gasteiger partial charge on any atom is -0.497 e. The number of esters is 1. The summed E-state index contributed by atoms with van der Waals surface area (Å²) in [6.07, 6.45) is 2.03. The van der Waals surface area contributed by atoms with Gasteiger partial charge in [-0.2, -0.15) is 0 Å². The molecule has 2 atom stereocenters. The van der Waals surface area contributed by atoms with E-state index in [0.717, 1.165) is 29.5 Å². The molecule has 1 aliphatic carbocycles. The highest BCUT2D eigenvalue weighted by atomic mass is 19.1. The summed E-state index contributed by atoms with van der Waals surface area (Å²) in [5.41, 5.74) is 3.34. The highest BCUT2D eigenvalue weighted by molar-refractivity contribution is 5.71. The Morgan fingerprint density at radius 3 is 2.45 bits per heavy atom. The monoisotopic (exact) mass is 550 g/mol. The van der Waals surface area contributed by atoms with Crippen molar-refractivity contribution in [2.24, 2.45) is 11.3 Å². The number of benzene rings is 3. The molecule has 0 heterocycles. The summed E-state index contributed by atoms with van der Waals surface area (Å²) in [6.45, 7) is 4.12. The molecule has 0 saturated heterocycles. The van der Waals surface area contributed by atoms with Gasteiger partial charge in [0.05, 0.1) is 20.6 Å². The van der Waals surface area contributed by atoms with Gasteiger partial charge >= 0.3 is 5.97 Å². The molecule has 7 heteroatoms. The maximum absolute atomic E-state index is 15.0. The van der Waals surface area contributed by atoms with Crippen LogP contribution in [0.15, 0.2) is 60.7 Å². The standard InChI is InChI=1S/C33H39FO6/c1-33(2,32(36)39-5)19-24-15-21(9-13-27(24)29-17-25(37-3)12-14-30(29)34)20-40-26-8-6-7-23(16-26)28(22-10-11-22)18-31(35)38-4/h6-9,12-17,22,28,32,36H,10-11,18-20H2,1-5H3/t28-,32?/m0/s1. The van der Waals surface area contributed by atoms with Gasteiger partial charge in [0, 0.05) is 18.1 Å². The molecule has 3 aromatic carbocycles. The number of halogens is 1. The van der Waals surface area contributed by atoms with Gasteiger partial charge in [0.15, 0.2) is 6.29 Å². The topological polar surface area (TPSA) is 74.2 Å². The van der Waals surface area contributed by atoms with Crippen LogP contribution in [0.3, 0.4) is 0 Å². The van der Waals surface area contributed by atoms with Crippen LogP contribution < -0.4 is 9.47 Å². The van der Waals surface area contributed by atoms with Gasteiger partial charge in [-0.25, -0.2) is 4.39 Å². The van der Waals surface area contributed by atoms with Gasteiger partial charge in [-0.1, -0.05) is 44.2 Å². The van der Waals surface area contributed by atoms with Crippen molar-refractivity contribution in [2.45, 2.75) is 58.3 Å². The van der Waals surface area contributed by atoms with Crippen molar-refractivity contribution in [1.82, 2.24) is 0 Å². The van der Waals surface area contributed by atoms with E-state index in [2.05, 4.69) is 0 Å². The second-order valence-electron chi connectivity index (χ2n) is 11.2. The Labute approximate surface area is 236 Å². The maximum atomic E-state index is 15.0. The van der Waals surface area contributed by atoms with Crippen molar-refractivity contribution in [3.05, 3.63) is 83.2 Å². The molecule has 1 fully saturated rings. The van der Waals surface area contributed by atoms with Crippen LogP contribution in [-0.4, -0.2) is 38.7 Å².